The average molecular weight is 193 g/mol. The molecular weight excluding hydrogens is 174 g/mol. The van der Waals surface area contributed by atoms with E-state index in [9.17, 15) is 8.42 Å². The highest BCUT2D eigenvalue weighted by atomic mass is 32.2. The average Bonchev–Trinajstić information content (AvgIpc) is 1.84. The zero-order valence-corrected chi connectivity index (χ0v) is 8.89. The fraction of sp³-hybridized carbons (Fsp3) is 1.00. The molecule has 0 aliphatic heterocycles. The first-order valence-corrected chi connectivity index (χ1v) is 6.32. The quantitative estimate of drug-likeness (QED) is 0.702. The molecule has 0 saturated carbocycles. The van der Waals surface area contributed by atoms with Crippen LogP contribution in [0, 0.1) is 5.92 Å². The van der Waals surface area contributed by atoms with E-state index in [1.165, 1.54) is 6.26 Å². The molecular formula is C8H19NO2S. The first-order chi connectivity index (χ1) is 5.33. The summed E-state index contributed by atoms with van der Waals surface area (Å²) in [4.78, 5) is 0. The van der Waals surface area contributed by atoms with Crippen LogP contribution in [-0.2, 0) is 9.84 Å². The SMILES string of the molecule is CC(C)C(N)CCCS(C)(=O)=O. The van der Waals surface area contributed by atoms with Crippen molar-refractivity contribution in [2.75, 3.05) is 12.0 Å². The van der Waals surface area contributed by atoms with E-state index < -0.39 is 9.84 Å². The molecule has 1 atom stereocenters. The minimum Gasteiger partial charge on any atom is -0.327 e. The molecule has 4 heteroatoms. The number of rotatable bonds is 5. The summed E-state index contributed by atoms with van der Waals surface area (Å²) in [5.74, 6) is 0.692. The van der Waals surface area contributed by atoms with Gasteiger partial charge in [0.15, 0.2) is 0 Å². The van der Waals surface area contributed by atoms with Crippen LogP contribution in [0.5, 0.6) is 0 Å². The Bertz CT molecular complexity index is 209. The second-order valence-corrected chi connectivity index (χ2v) is 5.94. The first-order valence-electron chi connectivity index (χ1n) is 4.26. The molecule has 0 radical (unpaired) electrons. The third-order valence-corrected chi connectivity index (χ3v) is 2.94. The molecule has 0 aromatic carbocycles. The summed E-state index contributed by atoms with van der Waals surface area (Å²) in [5, 5.41) is 0. The molecule has 0 bridgehead atoms. The second-order valence-electron chi connectivity index (χ2n) is 3.68. The van der Waals surface area contributed by atoms with Gasteiger partial charge < -0.3 is 5.73 Å². The molecule has 0 amide bonds. The van der Waals surface area contributed by atoms with Crippen molar-refractivity contribution in [1.82, 2.24) is 0 Å². The zero-order valence-electron chi connectivity index (χ0n) is 8.08. The highest BCUT2D eigenvalue weighted by molar-refractivity contribution is 7.90. The van der Waals surface area contributed by atoms with Gasteiger partial charge in [-0.1, -0.05) is 13.8 Å². The summed E-state index contributed by atoms with van der Waals surface area (Å²) in [5.41, 5.74) is 5.75. The first kappa shape index (κ1) is 11.9. The van der Waals surface area contributed by atoms with Crippen LogP contribution in [0.2, 0.25) is 0 Å². The van der Waals surface area contributed by atoms with Crippen molar-refractivity contribution in [2.45, 2.75) is 32.7 Å². The van der Waals surface area contributed by atoms with Gasteiger partial charge in [-0.3, -0.25) is 0 Å². The Morgan fingerprint density at radius 2 is 1.83 bits per heavy atom. The van der Waals surface area contributed by atoms with E-state index in [1.807, 2.05) is 13.8 Å². The van der Waals surface area contributed by atoms with Gasteiger partial charge in [-0.15, -0.1) is 0 Å². The summed E-state index contributed by atoms with van der Waals surface area (Å²) in [6.45, 7) is 4.09. The van der Waals surface area contributed by atoms with Crippen molar-refractivity contribution < 1.29 is 8.42 Å². The van der Waals surface area contributed by atoms with Crippen molar-refractivity contribution >= 4 is 9.84 Å². The molecule has 0 aromatic heterocycles. The van der Waals surface area contributed by atoms with Gasteiger partial charge in [-0.05, 0) is 18.8 Å². The normalized spacial score (nSPS) is 15.1. The van der Waals surface area contributed by atoms with Crippen molar-refractivity contribution in [1.29, 1.82) is 0 Å². The van der Waals surface area contributed by atoms with Crippen LogP contribution in [0.15, 0.2) is 0 Å². The fourth-order valence-electron chi connectivity index (χ4n) is 0.915. The maximum atomic E-state index is 10.7. The Balaban J connectivity index is 3.58. The summed E-state index contributed by atoms with van der Waals surface area (Å²) in [6.07, 6.45) is 2.73. The number of hydrogen-bond donors (Lipinski definition) is 1. The van der Waals surface area contributed by atoms with E-state index in [1.54, 1.807) is 0 Å². The second kappa shape index (κ2) is 4.82. The molecule has 3 nitrogen and oxygen atoms in total. The molecule has 1 unspecified atom stereocenters. The van der Waals surface area contributed by atoms with E-state index in [0.717, 1.165) is 6.42 Å². The Morgan fingerprint density at radius 1 is 1.33 bits per heavy atom. The van der Waals surface area contributed by atoms with Gasteiger partial charge in [0, 0.05) is 18.1 Å². The van der Waals surface area contributed by atoms with Crippen LogP contribution < -0.4 is 5.73 Å². The summed E-state index contributed by atoms with van der Waals surface area (Å²) >= 11 is 0. The maximum absolute atomic E-state index is 10.7. The van der Waals surface area contributed by atoms with Gasteiger partial charge in [-0.25, -0.2) is 8.42 Å². The molecule has 12 heavy (non-hydrogen) atoms. The van der Waals surface area contributed by atoms with Crippen molar-refractivity contribution in [3.63, 3.8) is 0 Å². The predicted molar refractivity (Wildman–Crippen MR) is 51.8 cm³/mol. The van der Waals surface area contributed by atoms with E-state index in [0.29, 0.717) is 12.3 Å². The van der Waals surface area contributed by atoms with Gasteiger partial charge in [0.25, 0.3) is 0 Å². The van der Waals surface area contributed by atoms with Crippen LogP contribution in [0.1, 0.15) is 26.7 Å². The van der Waals surface area contributed by atoms with Crippen LogP contribution in [-0.4, -0.2) is 26.5 Å². The van der Waals surface area contributed by atoms with E-state index >= 15 is 0 Å². The lowest BCUT2D eigenvalue weighted by molar-refractivity contribution is 0.459. The number of hydrogen-bond acceptors (Lipinski definition) is 3. The minimum atomic E-state index is -2.80. The zero-order chi connectivity index (χ0) is 9.78. The number of sulfone groups is 1. The smallest absolute Gasteiger partial charge is 0.147 e. The van der Waals surface area contributed by atoms with Crippen LogP contribution in [0.25, 0.3) is 0 Å². The summed E-state index contributed by atoms with van der Waals surface area (Å²) in [6, 6.07) is 0.131. The van der Waals surface area contributed by atoms with Gasteiger partial charge >= 0.3 is 0 Å². The topological polar surface area (TPSA) is 60.2 Å². The van der Waals surface area contributed by atoms with E-state index in [4.69, 9.17) is 5.73 Å². The Morgan fingerprint density at radius 3 is 2.17 bits per heavy atom. The Kier molecular flexibility index (Phi) is 4.78. The highest BCUT2D eigenvalue weighted by Gasteiger charge is 2.08. The summed E-state index contributed by atoms with van der Waals surface area (Å²) < 4.78 is 21.5. The molecule has 2 N–H and O–H groups in total. The minimum absolute atomic E-state index is 0.131. The standard InChI is InChI=1S/C8H19NO2S/c1-7(2)8(9)5-4-6-12(3,10)11/h7-8H,4-6,9H2,1-3H3. The van der Waals surface area contributed by atoms with E-state index in [-0.39, 0.29) is 11.8 Å². The molecule has 74 valence electrons. The van der Waals surface area contributed by atoms with Gasteiger partial charge in [0.2, 0.25) is 0 Å². The van der Waals surface area contributed by atoms with E-state index in [2.05, 4.69) is 0 Å². The maximum Gasteiger partial charge on any atom is 0.147 e. The fourth-order valence-corrected chi connectivity index (χ4v) is 1.61. The third-order valence-electron chi connectivity index (χ3n) is 1.91. The molecule has 0 heterocycles. The Labute approximate surface area is 75.3 Å². The lowest BCUT2D eigenvalue weighted by Crippen LogP contribution is -2.26. The lowest BCUT2D eigenvalue weighted by Gasteiger charge is -2.14. The van der Waals surface area contributed by atoms with Gasteiger partial charge in [0.05, 0.1) is 0 Å². The number of nitrogens with two attached hydrogens (primary N) is 1. The molecule has 0 aliphatic rings. The summed E-state index contributed by atoms with van der Waals surface area (Å²) in [7, 11) is -2.80. The molecule has 0 fully saturated rings. The van der Waals surface area contributed by atoms with Crippen molar-refractivity contribution in [2.24, 2.45) is 11.7 Å². The molecule has 0 saturated heterocycles. The van der Waals surface area contributed by atoms with Gasteiger partial charge in [-0.2, -0.15) is 0 Å². The van der Waals surface area contributed by atoms with Crippen LogP contribution in [0.4, 0.5) is 0 Å². The predicted octanol–water partition coefficient (Wildman–Crippen LogP) is 0.794. The molecule has 0 spiro atoms. The highest BCUT2D eigenvalue weighted by Crippen LogP contribution is 2.06. The molecule has 0 rings (SSSR count). The van der Waals surface area contributed by atoms with Crippen molar-refractivity contribution in [3.8, 4) is 0 Å². The molecule has 0 aliphatic carbocycles. The Hall–Kier alpha value is -0.0900. The largest absolute Gasteiger partial charge is 0.327 e. The lowest BCUT2D eigenvalue weighted by atomic mass is 10.0. The van der Waals surface area contributed by atoms with Crippen molar-refractivity contribution in [3.05, 3.63) is 0 Å². The monoisotopic (exact) mass is 193 g/mol. The van der Waals surface area contributed by atoms with Crippen LogP contribution in [0.3, 0.4) is 0 Å². The van der Waals surface area contributed by atoms with Gasteiger partial charge in [0.1, 0.15) is 9.84 Å². The third kappa shape index (κ3) is 6.61. The molecule has 0 aromatic rings. The van der Waals surface area contributed by atoms with Crippen LogP contribution >= 0.6 is 0 Å².